The van der Waals surface area contributed by atoms with Crippen molar-refractivity contribution in [3.8, 4) is 11.1 Å². The lowest BCUT2D eigenvalue weighted by molar-refractivity contribution is -0.128. The van der Waals surface area contributed by atoms with Crippen LogP contribution in [0.3, 0.4) is 0 Å². The van der Waals surface area contributed by atoms with Crippen LogP contribution in [0, 0.1) is 5.82 Å². The van der Waals surface area contributed by atoms with Crippen molar-refractivity contribution in [1.29, 1.82) is 0 Å². The first-order valence-electron chi connectivity index (χ1n) is 11.2. The summed E-state index contributed by atoms with van der Waals surface area (Å²) in [5.74, 6) is -0.136. The molecule has 4 nitrogen and oxygen atoms in total. The molecule has 2 aromatic carbocycles. The second kappa shape index (κ2) is 9.73. The summed E-state index contributed by atoms with van der Waals surface area (Å²) < 4.78 is 13.1. The molecule has 0 saturated carbocycles. The maximum atomic E-state index is 13.2. The second-order valence-electron chi connectivity index (χ2n) is 8.39. The summed E-state index contributed by atoms with van der Waals surface area (Å²) in [7, 11) is 0. The van der Waals surface area contributed by atoms with Crippen molar-refractivity contribution in [2.45, 2.75) is 6.54 Å². The van der Waals surface area contributed by atoms with Gasteiger partial charge in [-0.05, 0) is 57.8 Å². The number of amides is 1. The van der Waals surface area contributed by atoms with Gasteiger partial charge in [-0.2, -0.15) is 11.3 Å². The van der Waals surface area contributed by atoms with Gasteiger partial charge >= 0.3 is 0 Å². The van der Waals surface area contributed by atoms with Crippen LogP contribution < -0.4 is 4.90 Å². The molecule has 2 aliphatic heterocycles. The molecule has 0 unspecified atom stereocenters. The van der Waals surface area contributed by atoms with Crippen molar-refractivity contribution in [3.05, 3.63) is 101 Å². The molecule has 0 spiro atoms. The standard InChI is InChI=1S/C27H26FN3OS/c28-25-7-3-21(4-8-25)18-29-13-15-30(16-14-29)27(32)23-2-1-12-31(19-23)26-9-5-22(6-10-26)24-11-17-33-20-24/h1-11,17,19-20H,12-16,18H2. The van der Waals surface area contributed by atoms with Crippen molar-refractivity contribution in [2.75, 3.05) is 37.6 Å². The van der Waals surface area contributed by atoms with Gasteiger partial charge in [0.2, 0.25) is 0 Å². The Kier molecular flexibility index (Phi) is 6.37. The Bertz CT molecular complexity index is 1150. The maximum absolute atomic E-state index is 13.2. The van der Waals surface area contributed by atoms with Gasteiger partial charge in [0.05, 0.1) is 5.57 Å². The number of carbonyl (C=O) groups is 1. The molecule has 168 valence electrons. The van der Waals surface area contributed by atoms with Crippen LogP contribution in [0.25, 0.3) is 11.1 Å². The molecule has 1 aromatic heterocycles. The molecular formula is C27H26FN3OS. The Hall–Kier alpha value is -3.22. The summed E-state index contributed by atoms with van der Waals surface area (Å²) >= 11 is 1.70. The second-order valence-corrected chi connectivity index (χ2v) is 9.17. The largest absolute Gasteiger partial charge is 0.343 e. The SMILES string of the molecule is O=C(C1=CN(c2ccc(-c3ccsc3)cc2)CC=C1)N1CCN(Cc2ccc(F)cc2)CC1. The number of rotatable bonds is 5. The predicted octanol–water partition coefficient (Wildman–Crippen LogP) is 5.16. The Labute approximate surface area is 197 Å². The lowest BCUT2D eigenvalue weighted by atomic mass is 10.1. The van der Waals surface area contributed by atoms with E-state index in [4.69, 9.17) is 0 Å². The van der Waals surface area contributed by atoms with Crippen LogP contribution in [-0.4, -0.2) is 48.4 Å². The molecule has 0 bridgehead atoms. The number of thiophene rings is 1. The molecule has 0 N–H and O–H groups in total. The van der Waals surface area contributed by atoms with E-state index in [-0.39, 0.29) is 11.7 Å². The molecule has 1 saturated heterocycles. The van der Waals surface area contributed by atoms with Crippen LogP contribution in [0.15, 0.2) is 89.3 Å². The topological polar surface area (TPSA) is 26.8 Å². The molecule has 0 radical (unpaired) electrons. The molecule has 5 rings (SSSR count). The van der Waals surface area contributed by atoms with Gasteiger partial charge in [0.15, 0.2) is 0 Å². The van der Waals surface area contributed by atoms with E-state index < -0.39 is 0 Å². The van der Waals surface area contributed by atoms with E-state index in [1.165, 1.54) is 23.3 Å². The van der Waals surface area contributed by atoms with Crippen LogP contribution in [0.2, 0.25) is 0 Å². The third-order valence-corrected chi connectivity index (χ3v) is 6.86. The monoisotopic (exact) mass is 459 g/mol. The highest BCUT2D eigenvalue weighted by molar-refractivity contribution is 7.08. The van der Waals surface area contributed by atoms with Crippen LogP contribution in [0.4, 0.5) is 10.1 Å². The molecule has 2 aliphatic rings. The quantitative estimate of drug-likeness (QED) is 0.527. The van der Waals surface area contributed by atoms with E-state index in [2.05, 4.69) is 50.9 Å². The zero-order chi connectivity index (χ0) is 22.6. The third-order valence-electron chi connectivity index (χ3n) is 6.17. The summed E-state index contributed by atoms with van der Waals surface area (Å²) in [5.41, 5.74) is 5.32. The zero-order valence-electron chi connectivity index (χ0n) is 18.4. The summed E-state index contributed by atoms with van der Waals surface area (Å²) in [4.78, 5) is 19.5. The predicted molar refractivity (Wildman–Crippen MR) is 133 cm³/mol. The average Bonchev–Trinajstić information content (AvgIpc) is 3.41. The minimum absolute atomic E-state index is 0.0762. The smallest absolute Gasteiger partial charge is 0.255 e. The first-order chi connectivity index (χ1) is 16.2. The van der Waals surface area contributed by atoms with Gasteiger partial charge < -0.3 is 9.80 Å². The van der Waals surface area contributed by atoms with Crippen molar-refractivity contribution in [1.82, 2.24) is 9.80 Å². The lowest BCUT2D eigenvalue weighted by Crippen LogP contribution is -2.48. The van der Waals surface area contributed by atoms with E-state index in [9.17, 15) is 9.18 Å². The first kappa shape index (κ1) is 21.6. The highest BCUT2D eigenvalue weighted by Gasteiger charge is 2.24. The number of piperazine rings is 1. The van der Waals surface area contributed by atoms with Crippen LogP contribution in [-0.2, 0) is 11.3 Å². The number of anilines is 1. The van der Waals surface area contributed by atoms with E-state index in [1.807, 2.05) is 35.4 Å². The summed E-state index contributed by atoms with van der Waals surface area (Å²) in [6, 6.07) is 17.3. The highest BCUT2D eigenvalue weighted by atomic mass is 32.1. The van der Waals surface area contributed by atoms with Gasteiger partial charge in [-0.25, -0.2) is 4.39 Å². The van der Waals surface area contributed by atoms with Gasteiger partial charge in [-0.3, -0.25) is 9.69 Å². The van der Waals surface area contributed by atoms with E-state index >= 15 is 0 Å². The van der Waals surface area contributed by atoms with Gasteiger partial charge in [0.1, 0.15) is 5.82 Å². The Morgan fingerprint density at radius 2 is 1.67 bits per heavy atom. The average molecular weight is 460 g/mol. The Morgan fingerprint density at radius 1 is 0.909 bits per heavy atom. The van der Waals surface area contributed by atoms with Crippen molar-refractivity contribution in [3.63, 3.8) is 0 Å². The minimum atomic E-state index is -0.213. The van der Waals surface area contributed by atoms with E-state index in [1.54, 1.807) is 11.3 Å². The molecule has 1 amide bonds. The number of benzene rings is 2. The fourth-order valence-corrected chi connectivity index (χ4v) is 4.94. The fraction of sp³-hybridized carbons (Fsp3) is 0.222. The fourth-order valence-electron chi connectivity index (χ4n) is 4.28. The summed E-state index contributed by atoms with van der Waals surface area (Å²) in [6.45, 7) is 4.54. The van der Waals surface area contributed by atoms with Crippen LogP contribution in [0.5, 0.6) is 0 Å². The molecular weight excluding hydrogens is 433 g/mol. The van der Waals surface area contributed by atoms with Crippen LogP contribution in [0.1, 0.15) is 5.56 Å². The molecule has 0 atom stereocenters. The van der Waals surface area contributed by atoms with E-state index in [0.29, 0.717) is 13.1 Å². The van der Waals surface area contributed by atoms with Crippen molar-refractivity contribution >= 4 is 22.9 Å². The number of halogens is 1. The van der Waals surface area contributed by atoms with Gasteiger partial charge in [-0.1, -0.05) is 36.4 Å². The van der Waals surface area contributed by atoms with Crippen LogP contribution >= 0.6 is 11.3 Å². The highest BCUT2D eigenvalue weighted by Crippen LogP contribution is 2.26. The minimum Gasteiger partial charge on any atom is -0.343 e. The van der Waals surface area contributed by atoms with Gasteiger partial charge in [-0.15, -0.1) is 0 Å². The number of carbonyl (C=O) groups excluding carboxylic acids is 1. The molecule has 6 heteroatoms. The number of hydrogen-bond acceptors (Lipinski definition) is 4. The summed E-state index contributed by atoms with van der Waals surface area (Å²) in [6.07, 6.45) is 5.95. The maximum Gasteiger partial charge on any atom is 0.255 e. The molecule has 3 aromatic rings. The van der Waals surface area contributed by atoms with Crippen molar-refractivity contribution < 1.29 is 9.18 Å². The molecule has 3 heterocycles. The Morgan fingerprint density at radius 3 is 2.36 bits per heavy atom. The molecule has 33 heavy (non-hydrogen) atoms. The Balaban J connectivity index is 1.20. The lowest BCUT2D eigenvalue weighted by Gasteiger charge is -2.35. The van der Waals surface area contributed by atoms with Gasteiger partial charge in [0, 0.05) is 51.2 Å². The number of nitrogens with zero attached hydrogens (tertiary/aromatic N) is 3. The van der Waals surface area contributed by atoms with Crippen molar-refractivity contribution in [2.24, 2.45) is 0 Å². The van der Waals surface area contributed by atoms with E-state index in [0.717, 1.165) is 43.0 Å². The third kappa shape index (κ3) is 5.07. The van der Waals surface area contributed by atoms with Gasteiger partial charge in [0.25, 0.3) is 5.91 Å². The summed E-state index contributed by atoms with van der Waals surface area (Å²) in [5, 5.41) is 4.23. The molecule has 1 fully saturated rings. The number of hydrogen-bond donors (Lipinski definition) is 0. The first-order valence-corrected chi connectivity index (χ1v) is 12.1. The molecule has 0 aliphatic carbocycles. The normalized spacial score (nSPS) is 16.7. The zero-order valence-corrected chi connectivity index (χ0v) is 19.2.